The van der Waals surface area contributed by atoms with Gasteiger partial charge in [-0.2, -0.15) is 0 Å². The average Bonchev–Trinajstić information content (AvgIpc) is 2.46. The van der Waals surface area contributed by atoms with Gasteiger partial charge in [0, 0.05) is 25.7 Å². The lowest BCUT2D eigenvalue weighted by atomic mass is 10.3. The van der Waals surface area contributed by atoms with Crippen molar-refractivity contribution in [2.45, 2.75) is 6.10 Å². The summed E-state index contributed by atoms with van der Waals surface area (Å²) in [6.45, 7) is 0.557. The van der Waals surface area contributed by atoms with Crippen molar-refractivity contribution in [1.82, 2.24) is 4.90 Å². The zero-order valence-corrected chi connectivity index (χ0v) is 11.6. The van der Waals surface area contributed by atoms with E-state index < -0.39 is 11.0 Å². The molecule has 0 amide bonds. The summed E-state index contributed by atoms with van der Waals surface area (Å²) in [5.74, 6) is 0.0948. The number of ether oxygens (including phenoxy) is 1. The highest BCUT2D eigenvalue weighted by molar-refractivity contribution is 5.45. The smallest absolute Gasteiger partial charge is 0.310 e. The summed E-state index contributed by atoms with van der Waals surface area (Å²) in [6.07, 6.45) is -0.886. The minimum Gasteiger partial charge on any atom is -0.484 e. The number of aliphatic hydroxyl groups excluding tert-OH is 3. The lowest BCUT2D eigenvalue weighted by molar-refractivity contribution is -0.385. The zero-order chi connectivity index (χ0) is 15.7. The second kappa shape index (κ2) is 9.24. The molecule has 1 atom stereocenters. The van der Waals surface area contributed by atoms with E-state index in [1.165, 1.54) is 18.2 Å². The highest BCUT2D eigenvalue weighted by Crippen LogP contribution is 2.25. The fourth-order valence-corrected chi connectivity index (χ4v) is 1.84. The van der Waals surface area contributed by atoms with Crippen molar-refractivity contribution < 1.29 is 25.0 Å². The molecule has 3 N–H and O–H groups in total. The summed E-state index contributed by atoms with van der Waals surface area (Å²) in [5, 5.41) is 38.4. The van der Waals surface area contributed by atoms with Gasteiger partial charge in [-0.1, -0.05) is 12.1 Å². The van der Waals surface area contributed by atoms with E-state index in [-0.39, 0.29) is 37.8 Å². The Labute approximate surface area is 122 Å². The Kier molecular flexibility index (Phi) is 7.62. The van der Waals surface area contributed by atoms with Crippen molar-refractivity contribution in [3.8, 4) is 5.75 Å². The van der Waals surface area contributed by atoms with Crippen LogP contribution in [0.5, 0.6) is 5.75 Å². The van der Waals surface area contributed by atoms with Gasteiger partial charge in [0.1, 0.15) is 12.7 Å². The summed E-state index contributed by atoms with van der Waals surface area (Å²) >= 11 is 0. The van der Waals surface area contributed by atoms with Crippen molar-refractivity contribution in [1.29, 1.82) is 0 Å². The molecule has 0 saturated carbocycles. The Morgan fingerprint density at radius 1 is 1.24 bits per heavy atom. The lowest BCUT2D eigenvalue weighted by Crippen LogP contribution is -2.38. The van der Waals surface area contributed by atoms with E-state index in [0.717, 1.165) is 0 Å². The fraction of sp³-hybridized carbons (Fsp3) is 0.538. The van der Waals surface area contributed by atoms with Crippen molar-refractivity contribution in [2.24, 2.45) is 0 Å². The standard InChI is InChI=1S/C13H20N2O6/c16-7-5-14(6-8-17)9-11(18)10-21-13-4-2-1-3-12(13)15(19)20/h1-4,11,16-18H,5-10H2. The Morgan fingerprint density at radius 3 is 2.43 bits per heavy atom. The molecule has 8 heteroatoms. The number of nitrogens with zero attached hydrogens (tertiary/aromatic N) is 2. The fourth-order valence-electron chi connectivity index (χ4n) is 1.84. The van der Waals surface area contributed by atoms with Crippen LogP contribution in [0.2, 0.25) is 0 Å². The van der Waals surface area contributed by atoms with Crippen molar-refractivity contribution in [2.75, 3.05) is 39.5 Å². The van der Waals surface area contributed by atoms with Gasteiger partial charge in [-0.05, 0) is 6.07 Å². The number of hydrogen-bond donors (Lipinski definition) is 3. The van der Waals surface area contributed by atoms with Gasteiger partial charge in [0.15, 0.2) is 5.75 Å². The topological polar surface area (TPSA) is 116 Å². The van der Waals surface area contributed by atoms with Gasteiger partial charge in [0.25, 0.3) is 0 Å². The van der Waals surface area contributed by atoms with Gasteiger partial charge in [-0.3, -0.25) is 15.0 Å². The zero-order valence-electron chi connectivity index (χ0n) is 11.6. The molecule has 0 aliphatic carbocycles. The van der Waals surface area contributed by atoms with Crippen molar-refractivity contribution in [3.63, 3.8) is 0 Å². The Balaban J connectivity index is 2.52. The number of hydrogen-bond acceptors (Lipinski definition) is 7. The highest BCUT2D eigenvalue weighted by Gasteiger charge is 2.16. The summed E-state index contributed by atoms with van der Waals surface area (Å²) in [7, 11) is 0. The van der Waals surface area contributed by atoms with Gasteiger partial charge in [-0.25, -0.2) is 0 Å². The Bertz CT molecular complexity index is 436. The molecule has 0 aliphatic heterocycles. The molecule has 8 nitrogen and oxygen atoms in total. The van der Waals surface area contributed by atoms with E-state index in [4.69, 9.17) is 14.9 Å². The molecule has 0 aliphatic rings. The van der Waals surface area contributed by atoms with E-state index in [1.54, 1.807) is 11.0 Å². The van der Waals surface area contributed by atoms with Gasteiger partial charge in [0.05, 0.1) is 18.1 Å². The molecule has 0 fully saturated rings. The minimum absolute atomic E-state index is 0.0856. The van der Waals surface area contributed by atoms with Crippen LogP contribution in [0.1, 0.15) is 0 Å². The van der Waals surface area contributed by atoms with Crippen LogP contribution in [0, 0.1) is 10.1 Å². The molecule has 0 aromatic heterocycles. The van der Waals surface area contributed by atoms with E-state index >= 15 is 0 Å². The van der Waals surface area contributed by atoms with E-state index in [9.17, 15) is 15.2 Å². The van der Waals surface area contributed by atoms with E-state index in [1.807, 2.05) is 0 Å². The van der Waals surface area contributed by atoms with Crippen molar-refractivity contribution in [3.05, 3.63) is 34.4 Å². The number of para-hydroxylation sites is 2. The van der Waals surface area contributed by atoms with Crippen LogP contribution in [0.3, 0.4) is 0 Å². The molecule has 0 bridgehead atoms. The van der Waals surface area contributed by atoms with Gasteiger partial charge < -0.3 is 20.1 Å². The van der Waals surface area contributed by atoms with Crippen LogP contribution in [-0.4, -0.2) is 70.7 Å². The number of aliphatic hydroxyl groups is 3. The second-order valence-corrected chi connectivity index (χ2v) is 4.44. The summed E-state index contributed by atoms with van der Waals surface area (Å²) < 4.78 is 5.27. The maximum absolute atomic E-state index is 10.8. The summed E-state index contributed by atoms with van der Waals surface area (Å²) in [4.78, 5) is 11.9. The molecule has 0 radical (unpaired) electrons. The van der Waals surface area contributed by atoms with Gasteiger partial charge in [0.2, 0.25) is 0 Å². The summed E-state index contributed by atoms with van der Waals surface area (Å²) in [5.41, 5.74) is -0.160. The maximum Gasteiger partial charge on any atom is 0.310 e. The molecular formula is C13H20N2O6. The van der Waals surface area contributed by atoms with Crippen LogP contribution in [-0.2, 0) is 0 Å². The van der Waals surface area contributed by atoms with Crippen molar-refractivity contribution >= 4 is 5.69 Å². The molecule has 0 spiro atoms. The Hall–Kier alpha value is -1.74. The van der Waals surface area contributed by atoms with Crippen LogP contribution >= 0.6 is 0 Å². The lowest BCUT2D eigenvalue weighted by Gasteiger charge is -2.23. The third-order valence-corrected chi connectivity index (χ3v) is 2.79. The predicted octanol–water partition coefficient (Wildman–Crippen LogP) is -0.379. The first kappa shape index (κ1) is 17.3. The van der Waals surface area contributed by atoms with Gasteiger partial charge >= 0.3 is 5.69 Å². The van der Waals surface area contributed by atoms with E-state index in [0.29, 0.717) is 13.1 Å². The molecular weight excluding hydrogens is 280 g/mol. The average molecular weight is 300 g/mol. The Morgan fingerprint density at radius 2 is 1.86 bits per heavy atom. The third-order valence-electron chi connectivity index (χ3n) is 2.79. The number of nitro groups is 1. The predicted molar refractivity (Wildman–Crippen MR) is 75.2 cm³/mol. The first-order valence-corrected chi connectivity index (χ1v) is 6.56. The van der Waals surface area contributed by atoms with Crippen LogP contribution in [0.25, 0.3) is 0 Å². The van der Waals surface area contributed by atoms with E-state index in [2.05, 4.69) is 0 Å². The first-order valence-electron chi connectivity index (χ1n) is 6.56. The molecule has 1 aromatic rings. The molecule has 1 unspecified atom stereocenters. The molecule has 0 saturated heterocycles. The molecule has 1 aromatic carbocycles. The highest BCUT2D eigenvalue weighted by atomic mass is 16.6. The van der Waals surface area contributed by atoms with Crippen LogP contribution < -0.4 is 4.74 Å². The molecule has 0 heterocycles. The van der Waals surface area contributed by atoms with Crippen LogP contribution in [0.15, 0.2) is 24.3 Å². The summed E-state index contributed by atoms with van der Waals surface area (Å²) in [6, 6.07) is 5.93. The molecule has 21 heavy (non-hydrogen) atoms. The molecule has 118 valence electrons. The largest absolute Gasteiger partial charge is 0.484 e. The second-order valence-electron chi connectivity index (χ2n) is 4.44. The quantitative estimate of drug-likeness (QED) is 0.398. The first-order chi connectivity index (χ1) is 10.1. The maximum atomic E-state index is 10.8. The monoisotopic (exact) mass is 300 g/mol. The number of benzene rings is 1. The minimum atomic E-state index is -0.886. The van der Waals surface area contributed by atoms with Crippen LogP contribution in [0.4, 0.5) is 5.69 Å². The SMILES string of the molecule is O=[N+]([O-])c1ccccc1OCC(O)CN(CCO)CCO. The normalized spacial score (nSPS) is 12.4. The van der Waals surface area contributed by atoms with Gasteiger partial charge in [-0.15, -0.1) is 0 Å². The number of rotatable bonds is 10. The molecule has 1 rings (SSSR count). The third kappa shape index (κ3) is 6.05. The number of nitro benzene ring substituents is 1.